The minimum atomic E-state index is 0.664. The topological polar surface area (TPSA) is 29.3 Å². The van der Waals surface area contributed by atoms with E-state index >= 15 is 0 Å². The van der Waals surface area contributed by atoms with E-state index in [1.54, 1.807) is 0 Å². The first-order valence-electron chi connectivity index (χ1n) is 4.14. The molecule has 11 heavy (non-hydrogen) atoms. The number of aromatic nitrogens is 1. The van der Waals surface area contributed by atoms with Crippen molar-refractivity contribution in [3.8, 4) is 0 Å². The lowest BCUT2D eigenvalue weighted by Gasteiger charge is -2.37. The molecule has 0 atom stereocenters. The number of hydrogen-bond acceptors (Lipinski definition) is 3. The third kappa shape index (κ3) is 0.607. The van der Waals surface area contributed by atoms with Gasteiger partial charge in [-0.2, -0.15) is 0 Å². The van der Waals surface area contributed by atoms with Gasteiger partial charge in [-0.25, -0.2) is 0 Å². The van der Waals surface area contributed by atoms with Crippen LogP contribution in [0.1, 0.15) is 24.5 Å². The molecule has 0 aromatic carbocycles. The van der Waals surface area contributed by atoms with Crippen LogP contribution in [0.15, 0.2) is 10.7 Å². The van der Waals surface area contributed by atoms with Crippen LogP contribution in [0.5, 0.6) is 0 Å². The van der Waals surface area contributed by atoms with Crippen molar-refractivity contribution in [2.45, 2.75) is 18.8 Å². The molecule has 0 amide bonds. The maximum atomic E-state index is 5.20. The first-order valence-corrected chi connectivity index (χ1v) is 4.14. The molecule has 3 heteroatoms. The van der Waals surface area contributed by atoms with Crippen LogP contribution in [-0.4, -0.2) is 18.2 Å². The molecule has 3 aliphatic heterocycles. The van der Waals surface area contributed by atoms with Gasteiger partial charge in [-0.05, 0) is 12.8 Å². The van der Waals surface area contributed by atoms with Crippen LogP contribution in [0.2, 0.25) is 0 Å². The van der Waals surface area contributed by atoms with Gasteiger partial charge in [-0.1, -0.05) is 5.16 Å². The van der Waals surface area contributed by atoms with E-state index in [2.05, 4.69) is 10.1 Å². The number of piperidine rings is 1. The van der Waals surface area contributed by atoms with E-state index in [9.17, 15) is 0 Å². The van der Waals surface area contributed by atoms with Crippen molar-refractivity contribution < 1.29 is 4.52 Å². The largest absolute Gasteiger partial charge is 0.367 e. The van der Waals surface area contributed by atoms with Crippen LogP contribution in [0.3, 0.4) is 0 Å². The van der Waals surface area contributed by atoms with Gasteiger partial charge in [-0.15, -0.1) is 0 Å². The molecule has 0 unspecified atom stereocenters. The van der Waals surface area contributed by atoms with Gasteiger partial charge in [0.15, 0.2) is 5.76 Å². The van der Waals surface area contributed by atoms with Gasteiger partial charge in [0.1, 0.15) is 5.69 Å². The molecule has 2 bridgehead atoms. The van der Waals surface area contributed by atoms with Crippen molar-refractivity contribution in [3.63, 3.8) is 0 Å². The number of fused-ring (bicyclic) bond motifs is 2. The molecule has 3 aliphatic rings. The molecule has 0 aliphatic carbocycles. The molecule has 4 heterocycles. The Hall–Kier alpha value is -0.990. The lowest BCUT2D eigenvalue weighted by molar-refractivity contribution is 0.324. The van der Waals surface area contributed by atoms with Gasteiger partial charge in [0, 0.05) is 19.0 Å². The molecule has 1 saturated heterocycles. The Balaban J connectivity index is 2.19. The first kappa shape index (κ1) is 5.63. The highest BCUT2D eigenvalue weighted by atomic mass is 16.5. The normalized spacial score (nSPS) is 22.4. The fourth-order valence-corrected chi connectivity index (χ4v) is 2.15. The molecule has 1 fully saturated rings. The first-order chi connectivity index (χ1) is 5.45. The zero-order valence-corrected chi connectivity index (χ0v) is 6.29. The molecule has 4 rings (SSSR count). The molecule has 58 valence electrons. The SMILES string of the molecule is c1noc2c1N1CCC2CC1. The minimum absolute atomic E-state index is 0.664. The van der Waals surface area contributed by atoms with Crippen LogP contribution in [0, 0.1) is 0 Å². The molecule has 0 saturated carbocycles. The van der Waals surface area contributed by atoms with E-state index in [1.807, 2.05) is 6.20 Å². The molecule has 1 aromatic rings. The molecule has 0 radical (unpaired) electrons. The third-order valence-corrected chi connectivity index (χ3v) is 2.78. The van der Waals surface area contributed by atoms with Gasteiger partial charge in [0.05, 0.1) is 6.20 Å². The van der Waals surface area contributed by atoms with Crippen molar-refractivity contribution in [1.29, 1.82) is 0 Å². The number of nitrogens with zero attached hydrogens (tertiary/aromatic N) is 2. The monoisotopic (exact) mass is 150 g/mol. The predicted molar refractivity (Wildman–Crippen MR) is 40.7 cm³/mol. The Kier molecular flexibility index (Phi) is 0.913. The lowest BCUT2D eigenvalue weighted by atomic mass is 9.88. The summed E-state index contributed by atoms with van der Waals surface area (Å²) in [6.45, 7) is 2.39. The quantitative estimate of drug-likeness (QED) is 0.559. The van der Waals surface area contributed by atoms with E-state index < -0.39 is 0 Å². The van der Waals surface area contributed by atoms with E-state index in [0.29, 0.717) is 5.92 Å². The predicted octanol–water partition coefficient (Wildman–Crippen LogP) is 1.37. The summed E-state index contributed by atoms with van der Waals surface area (Å²) in [6.07, 6.45) is 4.35. The van der Waals surface area contributed by atoms with Crippen LogP contribution in [-0.2, 0) is 0 Å². The third-order valence-electron chi connectivity index (χ3n) is 2.78. The highest BCUT2D eigenvalue weighted by Crippen LogP contribution is 2.41. The summed E-state index contributed by atoms with van der Waals surface area (Å²) in [5.74, 6) is 1.79. The Labute approximate surface area is 65.0 Å². The van der Waals surface area contributed by atoms with Crippen LogP contribution in [0.25, 0.3) is 0 Å². The average Bonchev–Trinajstić information content (AvgIpc) is 2.55. The highest BCUT2D eigenvalue weighted by Gasteiger charge is 2.33. The van der Waals surface area contributed by atoms with E-state index in [4.69, 9.17) is 4.52 Å². The Bertz CT molecular complexity index is 247. The van der Waals surface area contributed by atoms with Gasteiger partial charge in [-0.3, -0.25) is 0 Å². The van der Waals surface area contributed by atoms with E-state index in [1.165, 1.54) is 31.6 Å². The summed E-state index contributed by atoms with van der Waals surface area (Å²) in [4.78, 5) is 2.37. The standard InChI is InChI=1S/C8H10N2O/c1-3-10-4-2-6(1)8-7(10)5-9-11-8/h5-6H,1-4H2. The fourth-order valence-electron chi connectivity index (χ4n) is 2.15. The van der Waals surface area contributed by atoms with Crippen LogP contribution >= 0.6 is 0 Å². The van der Waals surface area contributed by atoms with Gasteiger partial charge in [0.25, 0.3) is 0 Å². The van der Waals surface area contributed by atoms with Crippen molar-refractivity contribution >= 4 is 5.69 Å². The number of hydrogen-bond donors (Lipinski definition) is 0. The summed E-state index contributed by atoms with van der Waals surface area (Å²) >= 11 is 0. The van der Waals surface area contributed by atoms with Gasteiger partial charge >= 0.3 is 0 Å². The second-order valence-corrected chi connectivity index (χ2v) is 3.34. The van der Waals surface area contributed by atoms with Crippen molar-refractivity contribution in [3.05, 3.63) is 12.0 Å². The summed E-state index contributed by atoms with van der Waals surface area (Å²) in [7, 11) is 0. The average molecular weight is 150 g/mol. The zero-order valence-electron chi connectivity index (χ0n) is 6.29. The summed E-state index contributed by atoms with van der Waals surface area (Å²) < 4.78 is 5.20. The fraction of sp³-hybridized carbons (Fsp3) is 0.625. The molecule has 0 spiro atoms. The van der Waals surface area contributed by atoms with E-state index in [0.717, 1.165) is 5.76 Å². The number of anilines is 1. The second-order valence-electron chi connectivity index (χ2n) is 3.34. The van der Waals surface area contributed by atoms with E-state index in [-0.39, 0.29) is 0 Å². The lowest BCUT2D eigenvalue weighted by Crippen LogP contribution is -2.37. The van der Waals surface area contributed by atoms with Crippen molar-refractivity contribution in [1.82, 2.24) is 5.16 Å². The van der Waals surface area contributed by atoms with Crippen molar-refractivity contribution in [2.75, 3.05) is 18.0 Å². The molecular formula is C8H10N2O. The summed E-state index contributed by atoms with van der Waals surface area (Å²) in [5, 5.41) is 3.83. The Morgan fingerprint density at radius 3 is 3.00 bits per heavy atom. The maximum absolute atomic E-state index is 5.20. The molecule has 3 nitrogen and oxygen atoms in total. The molecule has 1 aromatic heterocycles. The molecule has 0 N–H and O–H groups in total. The Morgan fingerprint density at radius 1 is 1.45 bits per heavy atom. The smallest absolute Gasteiger partial charge is 0.163 e. The summed E-state index contributed by atoms with van der Waals surface area (Å²) in [5.41, 5.74) is 1.24. The van der Waals surface area contributed by atoms with Gasteiger partial charge < -0.3 is 9.42 Å². The highest BCUT2D eigenvalue weighted by molar-refractivity contribution is 5.53. The Morgan fingerprint density at radius 2 is 2.27 bits per heavy atom. The maximum Gasteiger partial charge on any atom is 0.163 e. The molecular weight excluding hydrogens is 140 g/mol. The van der Waals surface area contributed by atoms with Crippen molar-refractivity contribution in [2.24, 2.45) is 0 Å². The summed E-state index contributed by atoms with van der Waals surface area (Å²) in [6, 6.07) is 0. The van der Waals surface area contributed by atoms with Gasteiger partial charge in [0.2, 0.25) is 0 Å². The minimum Gasteiger partial charge on any atom is -0.367 e. The van der Waals surface area contributed by atoms with Crippen LogP contribution < -0.4 is 4.90 Å². The number of rotatable bonds is 0. The van der Waals surface area contributed by atoms with Crippen LogP contribution in [0.4, 0.5) is 5.69 Å². The zero-order chi connectivity index (χ0) is 7.26. The second kappa shape index (κ2) is 1.78.